The first kappa shape index (κ1) is 20.4. The van der Waals surface area contributed by atoms with E-state index in [2.05, 4.69) is 50.3 Å². The molecule has 3 heterocycles. The first-order valence-electron chi connectivity index (χ1n) is 11.9. The summed E-state index contributed by atoms with van der Waals surface area (Å²) in [7, 11) is 0. The molecule has 164 valence electrons. The number of rotatable bonds is 4. The number of para-hydroxylation sites is 1. The maximum absolute atomic E-state index is 13.4. The largest absolute Gasteiger partial charge is 0.322 e. The Morgan fingerprint density at radius 1 is 1.16 bits per heavy atom. The highest BCUT2D eigenvalue weighted by atomic mass is 16.1. The Hall–Kier alpha value is -2.54. The Kier molecular flexibility index (Phi) is 5.61. The number of hydrogen-bond acceptors (Lipinski definition) is 4. The Bertz CT molecular complexity index is 1110. The van der Waals surface area contributed by atoms with Gasteiger partial charge in [0.05, 0.1) is 30.2 Å². The van der Waals surface area contributed by atoms with Gasteiger partial charge in [0.2, 0.25) is 5.82 Å². The summed E-state index contributed by atoms with van der Waals surface area (Å²) < 4.78 is 2.05. The molecule has 1 saturated carbocycles. The van der Waals surface area contributed by atoms with Crippen molar-refractivity contribution >= 4 is 10.9 Å². The minimum absolute atomic E-state index is 0.0179. The molecule has 0 radical (unpaired) electrons. The molecule has 1 aliphatic carbocycles. The molecule has 3 atom stereocenters. The van der Waals surface area contributed by atoms with Crippen LogP contribution >= 0.6 is 0 Å². The maximum atomic E-state index is 13.4. The quantitative estimate of drug-likeness (QED) is 0.679. The van der Waals surface area contributed by atoms with Crippen LogP contribution in [0.3, 0.4) is 0 Å². The minimum Gasteiger partial charge on any atom is -0.322 e. The number of tetrazole rings is 1. The molecular formula is C24H33N6O+. The number of aryl methyl sites for hydroxylation is 1. The lowest BCUT2D eigenvalue weighted by molar-refractivity contribution is -0.934. The van der Waals surface area contributed by atoms with E-state index in [0.29, 0.717) is 12.0 Å². The number of quaternary nitrogens is 1. The fourth-order valence-corrected chi connectivity index (χ4v) is 5.72. The summed E-state index contributed by atoms with van der Waals surface area (Å²) in [5.41, 5.74) is 2.78. The highest BCUT2D eigenvalue weighted by Gasteiger charge is 2.37. The maximum Gasteiger partial charge on any atom is 0.258 e. The van der Waals surface area contributed by atoms with Crippen LogP contribution < -0.4 is 10.5 Å². The van der Waals surface area contributed by atoms with Gasteiger partial charge < -0.3 is 9.88 Å². The number of pyridine rings is 1. The normalized spacial score (nSPS) is 23.8. The summed E-state index contributed by atoms with van der Waals surface area (Å²) in [4.78, 5) is 18.0. The van der Waals surface area contributed by atoms with Crippen molar-refractivity contribution in [3.8, 4) is 0 Å². The van der Waals surface area contributed by atoms with Gasteiger partial charge in [-0.2, -0.15) is 0 Å². The van der Waals surface area contributed by atoms with Crippen molar-refractivity contribution in [3.63, 3.8) is 0 Å². The van der Waals surface area contributed by atoms with Crippen molar-refractivity contribution in [1.29, 1.82) is 0 Å². The van der Waals surface area contributed by atoms with E-state index in [9.17, 15) is 4.79 Å². The van der Waals surface area contributed by atoms with Crippen LogP contribution in [0.2, 0.25) is 0 Å². The zero-order valence-electron chi connectivity index (χ0n) is 18.6. The molecule has 1 aromatic carbocycles. The number of piperidine rings is 1. The summed E-state index contributed by atoms with van der Waals surface area (Å²) in [6.07, 6.45) is 8.37. The summed E-state index contributed by atoms with van der Waals surface area (Å²) >= 11 is 0. The molecule has 1 aliphatic heterocycles. The van der Waals surface area contributed by atoms with E-state index in [4.69, 9.17) is 0 Å². The zero-order valence-corrected chi connectivity index (χ0v) is 18.6. The van der Waals surface area contributed by atoms with Gasteiger partial charge in [0, 0.05) is 5.92 Å². The first-order chi connectivity index (χ1) is 15.1. The Balaban J connectivity index is 1.64. The number of aromatic nitrogens is 5. The number of fused-ring (bicyclic) bond motifs is 1. The van der Waals surface area contributed by atoms with Crippen LogP contribution in [0.5, 0.6) is 0 Å². The fraction of sp³-hybridized carbons (Fsp3) is 0.583. The van der Waals surface area contributed by atoms with Crippen molar-refractivity contribution in [2.45, 2.75) is 70.9 Å². The molecule has 31 heavy (non-hydrogen) atoms. The van der Waals surface area contributed by atoms with Crippen LogP contribution in [0.4, 0.5) is 0 Å². The van der Waals surface area contributed by atoms with Crippen molar-refractivity contribution in [2.75, 3.05) is 13.1 Å². The molecule has 2 N–H and O–H groups in total. The van der Waals surface area contributed by atoms with E-state index < -0.39 is 0 Å². The molecular weight excluding hydrogens is 388 g/mol. The lowest BCUT2D eigenvalue weighted by Crippen LogP contribution is -3.14. The highest BCUT2D eigenvalue weighted by molar-refractivity contribution is 5.82. The number of likely N-dealkylation sites (tertiary alicyclic amines) is 1. The lowest BCUT2D eigenvalue weighted by Gasteiger charge is -2.34. The second kappa shape index (κ2) is 8.54. The predicted octanol–water partition coefficient (Wildman–Crippen LogP) is 2.73. The Morgan fingerprint density at radius 2 is 2.00 bits per heavy atom. The third-order valence-electron chi connectivity index (χ3n) is 7.34. The second-order valence-electron chi connectivity index (χ2n) is 9.66. The van der Waals surface area contributed by atoms with Gasteiger partial charge in [-0.1, -0.05) is 44.4 Å². The molecule has 7 heteroatoms. The summed E-state index contributed by atoms with van der Waals surface area (Å²) in [6, 6.07) is 8.44. The molecule has 3 aromatic rings. The zero-order chi connectivity index (χ0) is 21.4. The number of aromatic amines is 1. The van der Waals surface area contributed by atoms with Gasteiger partial charge >= 0.3 is 0 Å². The van der Waals surface area contributed by atoms with E-state index >= 15 is 0 Å². The van der Waals surface area contributed by atoms with Crippen LogP contribution in [0.25, 0.3) is 10.9 Å². The molecule has 5 rings (SSSR count). The molecule has 1 unspecified atom stereocenters. The average Bonchev–Trinajstić information content (AvgIpc) is 3.25. The van der Waals surface area contributed by atoms with Crippen molar-refractivity contribution in [2.24, 2.45) is 5.92 Å². The molecule has 0 bridgehead atoms. The standard InChI is InChI=1S/C24H32N6O/c1-16-8-7-13-29(15-16)22(23-26-27-28-30(23)19-11-4-3-5-12-19)20-14-18-10-6-9-17(2)21(18)25-24(20)31/h6,9-10,14,16,19,22H,3-5,7-8,11-13,15H2,1-2H3,(H,25,31)/p+1/t16-,22+/m0/s1. The average molecular weight is 422 g/mol. The van der Waals surface area contributed by atoms with E-state index in [1.165, 1.54) is 37.0 Å². The molecule has 2 fully saturated rings. The van der Waals surface area contributed by atoms with E-state index in [1.54, 1.807) is 0 Å². The van der Waals surface area contributed by atoms with Gasteiger partial charge in [0.1, 0.15) is 0 Å². The van der Waals surface area contributed by atoms with Gasteiger partial charge in [0.15, 0.2) is 6.04 Å². The van der Waals surface area contributed by atoms with Crippen LogP contribution in [0.15, 0.2) is 29.1 Å². The smallest absolute Gasteiger partial charge is 0.258 e. The van der Waals surface area contributed by atoms with Gasteiger partial charge in [0.25, 0.3) is 5.56 Å². The SMILES string of the molecule is Cc1cccc2cc([C@H](c3nnnn3C3CCCCC3)[NH+]3CCC[C@H](C)C3)c(=O)[nH]c12. The Morgan fingerprint density at radius 3 is 2.81 bits per heavy atom. The van der Waals surface area contributed by atoms with Crippen molar-refractivity contribution in [1.82, 2.24) is 25.2 Å². The second-order valence-corrected chi connectivity index (χ2v) is 9.66. The number of hydrogen-bond donors (Lipinski definition) is 2. The number of H-pyrrole nitrogens is 1. The number of nitrogens with one attached hydrogen (secondary N) is 2. The Labute approximate surface area is 182 Å². The van der Waals surface area contributed by atoms with Crippen molar-refractivity contribution < 1.29 is 4.90 Å². The number of benzene rings is 1. The van der Waals surface area contributed by atoms with Gasteiger partial charge in [-0.05, 0) is 60.0 Å². The van der Waals surface area contributed by atoms with E-state index in [-0.39, 0.29) is 11.6 Å². The van der Waals surface area contributed by atoms with Crippen molar-refractivity contribution in [3.05, 3.63) is 51.6 Å². The van der Waals surface area contributed by atoms with Crippen LogP contribution in [0.1, 0.15) is 80.9 Å². The molecule has 0 amide bonds. The molecule has 0 spiro atoms. The predicted molar refractivity (Wildman–Crippen MR) is 120 cm³/mol. The molecule has 2 aliphatic rings. The van der Waals surface area contributed by atoms with Crippen LogP contribution in [-0.2, 0) is 0 Å². The summed E-state index contributed by atoms with van der Waals surface area (Å²) in [6.45, 7) is 6.43. The van der Waals surface area contributed by atoms with E-state index in [0.717, 1.165) is 53.8 Å². The molecule has 7 nitrogen and oxygen atoms in total. The van der Waals surface area contributed by atoms with Crippen LogP contribution in [0, 0.1) is 12.8 Å². The molecule has 1 saturated heterocycles. The van der Waals surface area contributed by atoms with Crippen LogP contribution in [-0.4, -0.2) is 38.3 Å². The van der Waals surface area contributed by atoms with E-state index in [1.807, 2.05) is 13.0 Å². The summed E-state index contributed by atoms with van der Waals surface area (Å²) in [5.74, 6) is 1.49. The highest BCUT2D eigenvalue weighted by Crippen LogP contribution is 2.30. The number of nitrogens with zero attached hydrogens (tertiary/aromatic N) is 4. The minimum atomic E-state index is -0.145. The molecule has 2 aromatic heterocycles. The topological polar surface area (TPSA) is 80.9 Å². The third kappa shape index (κ3) is 3.91. The first-order valence-corrected chi connectivity index (χ1v) is 11.9. The monoisotopic (exact) mass is 421 g/mol. The van der Waals surface area contributed by atoms with Gasteiger partial charge in [-0.15, -0.1) is 5.10 Å². The fourth-order valence-electron chi connectivity index (χ4n) is 5.72. The third-order valence-corrected chi connectivity index (χ3v) is 7.34. The van der Waals surface area contributed by atoms with Gasteiger partial charge in [-0.25, -0.2) is 4.68 Å². The lowest BCUT2D eigenvalue weighted by atomic mass is 9.93. The summed E-state index contributed by atoms with van der Waals surface area (Å²) in [5, 5.41) is 14.1. The van der Waals surface area contributed by atoms with Gasteiger partial charge in [-0.3, -0.25) is 4.79 Å².